The highest BCUT2D eigenvalue weighted by Crippen LogP contribution is 2.30. The Morgan fingerprint density at radius 2 is 2.20 bits per heavy atom. The summed E-state index contributed by atoms with van der Waals surface area (Å²) in [6, 6.07) is 0.475. The summed E-state index contributed by atoms with van der Waals surface area (Å²) in [6.45, 7) is 2.77. The van der Waals surface area contributed by atoms with Crippen molar-refractivity contribution in [1.82, 2.24) is 10.2 Å². The Kier molecular flexibility index (Phi) is 3.46. The Morgan fingerprint density at radius 1 is 1.40 bits per heavy atom. The van der Waals surface area contributed by atoms with Crippen LogP contribution in [0.25, 0.3) is 0 Å². The van der Waals surface area contributed by atoms with Crippen molar-refractivity contribution >= 4 is 6.09 Å². The molecule has 0 aromatic rings. The van der Waals surface area contributed by atoms with Crippen LogP contribution in [0.15, 0.2) is 0 Å². The third-order valence-corrected chi connectivity index (χ3v) is 3.21. The zero-order valence-electron chi connectivity index (χ0n) is 9.37. The smallest absolute Gasteiger partial charge is 0.409 e. The number of rotatable bonds is 4. The molecule has 0 aromatic heterocycles. The largest absolute Gasteiger partial charge is 0.453 e. The van der Waals surface area contributed by atoms with E-state index in [0.717, 1.165) is 25.6 Å². The molecule has 1 unspecified atom stereocenters. The molecule has 4 nitrogen and oxygen atoms in total. The van der Waals surface area contributed by atoms with Gasteiger partial charge in [-0.3, -0.25) is 0 Å². The molecule has 1 aliphatic heterocycles. The van der Waals surface area contributed by atoms with Crippen LogP contribution in [0.3, 0.4) is 0 Å². The van der Waals surface area contributed by atoms with E-state index in [4.69, 9.17) is 4.74 Å². The van der Waals surface area contributed by atoms with Crippen LogP contribution < -0.4 is 5.32 Å². The second-order valence-electron chi connectivity index (χ2n) is 4.61. The zero-order valence-corrected chi connectivity index (χ0v) is 9.37. The summed E-state index contributed by atoms with van der Waals surface area (Å²) in [4.78, 5) is 13.4. The van der Waals surface area contributed by atoms with Gasteiger partial charge >= 0.3 is 6.09 Å². The molecule has 1 aliphatic carbocycles. The molecule has 4 heteroatoms. The molecule has 2 aliphatic rings. The van der Waals surface area contributed by atoms with Crippen LogP contribution in [0.4, 0.5) is 4.79 Å². The van der Waals surface area contributed by atoms with Crippen LogP contribution in [0.2, 0.25) is 0 Å². The number of ether oxygens (including phenoxy) is 1. The van der Waals surface area contributed by atoms with Crippen molar-refractivity contribution in [2.45, 2.75) is 31.7 Å². The summed E-state index contributed by atoms with van der Waals surface area (Å²) in [6.07, 6.45) is 4.77. The fourth-order valence-corrected chi connectivity index (χ4v) is 2.14. The molecule has 2 fully saturated rings. The third kappa shape index (κ3) is 3.09. The Morgan fingerprint density at radius 3 is 2.73 bits per heavy atom. The Hall–Kier alpha value is -0.770. The highest BCUT2D eigenvalue weighted by Gasteiger charge is 2.29. The van der Waals surface area contributed by atoms with Crippen molar-refractivity contribution in [3.05, 3.63) is 0 Å². The maximum absolute atomic E-state index is 11.5. The number of carbonyl (C=O) groups is 1. The quantitative estimate of drug-likeness (QED) is 0.761. The van der Waals surface area contributed by atoms with Crippen LogP contribution in [0, 0.1) is 5.92 Å². The van der Waals surface area contributed by atoms with E-state index in [-0.39, 0.29) is 6.09 Å². The molecule has 1 saturated heterocycles. The molecular weight excluding hydrogens is 192 g/mol. The lowest BCUT2D eigenvalue weighted by Gasteiger charge is -2.24. The normalized spacial score (nSPS) is 25.3. The van der Waals surface area contributed by atoms with Gasteiger partial charge in [-0.05, 0) is 38.1 Å². The standard InChI is InChI=1S/C11H20N2O2/c1-15-11(14)13(7-9-4-5-9)8-10-3-2-6-12-10/h9-10,12H,2-8H2,1H3. The molecule has 0 aromatic carbocycles. The second kappa shape index (κ2) is 4.84. The van der Waals surface area contributed by atoms with E-state index in [2.05, 4.69) is 5.32 Å². The number of hydrogen-bond acceptors (Lipinski definition) is 3. The molecule has 1 N–H and O–H groups in total. The molecule has 1 atom stereocenters. The molecule has 1 saturated carbocycles. The number of nitrogens with zero attached hydrogens (tertiary/aromatic N) is 1. The van der Waals surface area contributed by atoms with Crippen molar-refractivity contribution in [1.29, 1.82) is 0 Å². The molecule has 2 rings (SSSR count). The van der Waals surface area contributed by atoms with Crippen LogP contribution in [0.5, 0.6) is 0 Å². The van der Waals surface area contributed by atoms with Gasteiger partial charge in [0.2, 0.25) is 0 Å². The van der Waals surface area contributed by atoms with Crippen molar-refractivity contribution in [2.24, 2.45) is 5.92 Å². The van der Waals surface area contributed by atoms with Crippen LogP contribution in [0.1, 0.15) is 25.7 Å². The molecule has 0 bridgehead atoms. The first-order valence-corrected chi connectivity index (χ1v) is 5.86. The first kappa shape index (κ1) is 10.7. The summed E-state index contributed by atoms with van der Waals surface area (Å²) in [5.74, 6) is 0.727. The Bertz CT molecular complexity index is 223. The summed E-state index contributed by atoms with van der Waals surface area (Å²) >= 11 is 0. The van der Waals surface area contributed by atoms with Gasteiger partial charge < -0.3 is 15.0 Å². The predicted molar refractivity (Wildman–Crippen MR) is 57.7 cm³/mol. The van der Waals surface area contributed by atoms with Crippen molar-refractivity contribution in [3.63, 3.8) is 0 Å². The van der Waals surface area contributed by atoms with Gasteiger partial charge in [-0.2, -0.15) is 0 Å². The van der Waals surface area contributed by atoms with E-state index in [1.54, 1.807) is 0 Å². The number of methoxy groups -OCH3 is 1. The molecular formula is C11H20N2O2. The van der Waals surface area contributed by atoms with Crippen molar-refractivity contribution in [3.8, 4) is 0 Å². The molecule has 1 amide bonds. The number of nitrogens with one attached hydrogen (secondary N) is 1. The number of hydrogen-bond donors (Lipinski definition) is 1. The number of carbonyl (C=O) groups excluding carboxylic acids is 1. The fourth-order valence-electron chi connectivity index (χ4n) is 2.14. The van der Waals surface area contributed by atoms with E-state index in [9.17, 15) is 4.79 Å². The van der Waals surface area contributed by atoms with E-state index >= 15 is 0 Å². The van der Waals surface area contributed by atoms with Crippen LogP contribution in [-0.4, -0.2) is 43.8 Å². The van der Waals surface area contributed by atoms with Crippen LogP contribution in [-0.2, 0) is 4.74 Å². The SMILES string of the molecule is COC(=O)N(CC1CC1)CC1CCCN1. The highest BCUT2D eigenvalue weighted by molar-refractivity contribution is 5.67. The van der Waals surface area contributed by atoms with Gasteiger partial charge in [0.05, 0.1) is 7.11 Å². The molecule has 0 radical (unpaired) electrons. The molecule has 86 valence electrons. The number of amides is 1. The van der Waals surface area contributed by atoms with Gasteiger partial charge in [-0.25, -0.2) is 4.79 Å². The molecule has 0 spiro atoms. The zero-order chi connectivity index (χ0) is 10.7. The van der Waals surface area contributed by atoms with Gasteiger partial charge in [0.1, 0.15) is 0 Å². The highest BCUT2D eigenvalue weighted by atomic mass is 16.5. The van der Waals surface area contributed by atoms with Gasteiger partial charge in [0, 0.05) is 19.1 Å². The minimum atomic E-state index is -0.171. The summed E-state index contributed by atoms with van der Waals surface area (Å²) < 4.78 is 4.81. The van der Waals surface area contributed by atoms with Crippen LogP contribution >= 0.6 is 0 Å². The van der Waals surface area contributed by atoms with Crippen molar-refractivity contribution < 1.29 is 9.53 Å². The average molecular weight is 212 g/mol. The lowest BCUT2D eigenvalue weighted by atomic mass is 10.2. The monoisotopic (exact) mass is 212 g/mol. The summed E-state index contributed by atoms with van der Waals surface area (Å²) in [7, 11) is 1.46. The lowest BCUT2D eigenvalue weighted by molar-refractivity contribution is 0.117. The van der Waals surface area contributed by atoms with Gasteiger partial charge in [-0.1, -0.05) is 0 Å². The van der Waals surface area contributed by atoms with E-state index in [1.807, 2.05) is 4.90 Å². The maximum atomic E-state index is 11.5. The van der Waals surface area contributed by atoms with E-state index < -0.39 is 0 Å². The minimum Gasteiger partial charge on any atom is -0.453 e. The maximum Gasteiger partial charge on any atom is 0.409 e. The second-order valence-corrected chi connectivity index (χ2v) is 4.61. The summed E-state index contributed by atoms with van der Waals surface area (Å²) in [5.41, 5.74) is 0. The minimum absolute atomic E-state index is 0.171. The van der Waals surface area contributed by atoms with E-state index in [1.165, 1.54) is 32.8 Å². The van der Waals surface area contributed by atoms with Gasteiger partial charge in [0.25, 0.3) is 0 Å². The first-order chi connectivity index (χ1) is 7.29. The lowest BCUT2D eigenvalue weighted by Crippen LogP contribution is -2.42. The molecule has 1 heterocycles. The van der Waals surface area contributed by atoms with Gasteiger partial charge in [-0.15, -0.1) is 0 Å². The molecule has 15 heavy (non-hydrogen) atoms. The Labute approximate surface area is 91.0 Å². The predicted octanol–water partition coefficient (Wildman–Crippen LogP) is 1.22. The van der Waals surface area contributed by atoms with Gasteiger partial charge in [0.15, 0.2) is 0 Å². The fraction of sp³-hybridized carbons (Fsp3) is 0.909. The third-order valence-electron chi connectivity index (χ3n) is 3.21. The first-order valence-electron chi connectivity index (χ1n) is 5.86. The van der Waals surface area contributed by atoms with Crippen molar-refractivity contribution in [2.75, 3.05) is 26.7 Å². The average Bonchev–Trinajstić information content (AvgIpc) is 2.91. The topological polar surface area (TPSA) is 41.6 Å². The summed E-state index contributed by atoms with van der Waals surface area (Å²) in [5, 5.41) is 3.41. The van der Waals surface area contributed by atoms with E-state index in [0.29, 0.717) is 6.04 Å². The Balaban J connectivity index is 1.82.